The van der Waals surface area contributed by atoms with Gasteiger partial charge in [0.1, 0.15) is 10.0 Å². The third kappa shape index (κ3) is 3.13. The zero-order chi connectivity index (χ0) is 16.6. The first-order chi connectivity index (χ1) is 11.6. The first kappa shape index (κ1) is 16.2. The molecule has 0 aliphatic carbocycles. The monoisotopic (exact) mass is 342 g/mol. The summed E-state index contributed by atoms with van der Waals surface area (Å²) in [6.45, 7) is 6.53. The van der Waals surface area contributed by atoms with Crippen molar-refractivity contribution in [2.24, 2.45) is 0 Å². The minimum absolute atomic E-state index is 0.397. The molecule has 0 amide bonds. The molecule has 2 aliphatic heterocycles. The van der Waals surface area contributed by atoms with Gasteiger partial charge in [-0.2, -0.15) is 0 Å². The summed E-state index contributed by atoms with van der Waals surface area (Å²) in [4.78, 5) is 5.19. The Hall–Kier alpha value is -1.30. The van der Waals surface area contributed by atoms with Gasteiger partial charge in [0.15, 0.2) is 0 Å². The van der Waals surface area contributed by atoms with Gasteiger partial charge in [0.2, 0.25) is 0 Å². The standard InChI is InChI=1S/C19H26N4S/c1-15-20-21-18(24-15)14-23-10-8-19(9-11-23)12-17(13-22(19)2)16-6-4-3-5-7-16/h3-7,17H,8-14H2,1-2H3/t17-/m1/s1. The molecule has 1 aromatic heterocycles. The maximum atomic E-state index is 4.28. The molecule has 24 heavy (non-hydrogen) atoms. The Morgan fingerprint density at radius 1 is 1.17 bits per heavy atom. The van der Waals surface area contributed by atoms with Crippen LogP contribution in [0.5, 0.6) is 0 Å². The third-order valence-corrected chi connectivity index (χ3v) is 6.74. The fourth-order valence-corrected chi connectivity index (χ4v) is 5.21. The van der Waals surface area contributed by atoms with Gasteiger partial charge in [-0.25, -0.2) is 0 Å². The lowest BCUT2D eigenvalue weighted by atomic mass is 9.81. The molecule has 0 unspecified atom stereocenters. The van der Waals surface area contributed by atoms with Crippen molar-refractivity contribution in [3.05, 3.63) is 45.9 Å². The molecule has 4 nitrogen and oxygen atoms in total. The van der Waals surface area contributed by atoms with Crippen LogP contribution >= 0.6 is 11.3 Å². The van der Waals surface area contributed by atoms with Crippen LogP contribution < -0.4 is 0 Å². The van der Waals surface area contributed by atoms with Crippen molar-refractivity contribution < 1.29 is 0 Å². The smallest absolute Gasteiger partial charge is 0.131 e. The summed E-state index contributed by atoms with van der Waals surface area (Å²) in [5.74, 6) is 0.688. The van der Waals surface area contributed by atoms with Crippen molar-refractivity contribution in [1.29, 1.82) is 0 Å². The first-order valence-electron chi connectivity index (χ1n) is 8.92. The van der Waals surface area contributed by atoms with Crippen LogP contribution in [-0.2, 0) is 6.54 Å². The van der Waals surface area contributed by atoms with Crippen LogP contribution in [0.4, 0.5) is 0 Å². The molecule has 0 N–H and O–H groups in total. The average molecular weight is 343 g/mol. The molecule has 1 aromatic carbocycles. The molecule has 0 radical (unpaired) electrons. The van der Waals surface area contributed by atoms with Crippen molar-refractivity contribution in [3.8, 4) is 0 Å². The molecule has 1 spiro atoms. The van der Waals surface area contributed by atoms with Gasteiger partial charge in [-0.15, -0.1) is 21.5 Å². The maximum absolute atomic E-state index is 4.28. The van der Waals surface area contributed by atoms with E-state index < -0.39 is 0 Å². The quantitative estimate of drug-likeness (QED) is 0.857. The topological polar surface area (TPSA) is 32.3 Å². The molecule has 0 saturated carbocycles. The van der Waals surface area contributed by atoms with E-state index in [0.29, 0.717) is 11.5 Å². The van der Waals surface area contributed by atoms with E-state index in [2.05, 4.69) is 57.4 Å². The molecule has 2 fully saturated rings. The van der Waals surface area contributed by atoms with E-state index in [1.807, 2.05) is 6.92 Å². The third-order valence-electron chi connectivity index (χ3n) is 5.91. The number of piperidine rings is 1. The van der Waals surface area contributed by atoms with E-state index >= 15 is 0 Å². The van der Waals surface area contributed by atoms with Crippen molar-refractivity contribution in [1.82, 2.24) is 20.0 Å². The normalized spacial score (nSPS) is 24.7. The number of benzene rings is 1. The number of likely N-dealkylation sites (tertiary alicyclic amines) is 2. The number of nitrogens with zero attached hydrogens (tertiary/aromatic N) is 4. The Morgan fingerprint density at radius 2 is 1.92 bits per heavy atom. The van der Waals surface area contributed by atoms with Crippen molar-refractivity contribution in [2.45, 2.75) is 44.2 Å². The second-order valence-electron chi connectivity index (χ2n) is 7.41. The Kier molecular flexibility index (Phi) is 4.41. The second-order valence-corrected chi connectivity index (χ2v) is 8.67. The van der Waals surface area contributed by atoms with Gasteiger partial charge in [-0.1, -0.05) is 30.3 Å². The van der Waals surface area contributed by atoms with Crippen LogP contribution in [0.3, 0.4) is 0 Å². The van der Waals surface area contributed by atoms with Crippen molar-refractivity contribution in [3.63, 3.8) is 0 Å². The highest BCUT2D eigenvalue weighted by Gasteiger charge is 2.45. The van der Waals surface area contributed by atoms with E-state index in [-0.39, 0.29) is 0 Å². The highest BCUT2D eigenvalue weighted by Crippen LogP contribution is 2.44. The van der Waals surface area contributed by atoms with E-state index in [0.717, 1.165) is 16.6 Å². The Morgan fingerprint density at radius 3 is 2.58 bits per heavy atom. The van der Waals surface area contributed by atoms with Crippen LogP contribution in [0.1, 0.15) is 40.8 Å². The zero-order valence-electron chi connectivity index (χ0n) is 14.6. The summed E-state index contributed by atoms with van der Waals surface area (Å²) in [7, 11) is 2.33. The maximum Gasteiger partial charge on any atom is 0.131 e. The lowest BCUT2D eigenvalue weighted by Gasteiger charge is -2.43. The van der Waals surface area contributed by atoms with Gasteiger partial charge < -0.3 is 0 Å². The Labute approximate surface area is 148 Å². The number of hydrogen-bond acceptors (Lipinski definition) is 5. The molecule has 1 atom stereocenters. The highest BCUT2D eigenvalue weighted by atomic mass is 32.1. The first-order valence-corrected chi connectivity index (χ1v) is 9.74. The molecule has 2 aromatic rings. The second kappa shape index (κ2) is 6.54. The van der Waals surface area contributed by atoms with Crippen LogP contribution in [0.2, 0.25) is 0 Å². The van der Waals surface area contributed by atoms with Crippen LogP contribution in [0, 0.1) is 6.92 Å². The Bertz CT molecular complexity index is 676. The molecule has 0 bridgehead atoms. The predicted octanol–water partition coefficient (Wildman–Crippen LogP) is 3.30. The molecule has 2 saturated heterocycles. The minimum Gasteiger partial charge on any atom is -0.300 e. The molecule has 2 aliphatic rings. The van der Waals surface area contributed by atoms with Gasteiger partial charge >= 0.3 is 0 Å². The van der Waals surface area contributed by atoms with E-state index in [1.165, 1.54) is 44.5 Å². The highest BCUT2D eigenvalue weighted by molar-refractivity contribution is 7.11. The molecule has 4 rings (SSSR count). The molecule has 128 valence electrons. The number of aromatic nitrogens is 2. The summed E-state index contributed by atoms with van der Waals surface area (Å²) in [5, 5.41) is 10.7. The van der Waals surface area contributed by atoms with Crippen LogP contribution in [0.15, 0.2) is 30.3 Å². The van der Waals surface area contributed by atoms with Crippen molar-refractivity contribution in [2.75, 3.05) is 26.7 Å². The number of hydrogen-bond donors (Lipinski definition) is 0. The molecular formula is C19H26N4S. The summed E-state index contributed by atoms with van der Waals surface area (Å²) in [6.07, 6.45) is 3.84. The van der Waals surface area contributed by atoms with Crippen LogP contribution in [0.25, 0.3) is 0 Å². The van der Waals surface area contributed by atoms with Crippen molar-refractivity contribution >= 4 is 11.3 Å². The lowest BCUT2D eigenvalue weighted by Crippen LogP contribution is -2.50. The van der Waals surface area contributed by atoms with Gasteiger partial charge in [0, 0.05) is 25.2 Å². The van der Waals surface area contributed by atoms with Gasteiger partial charge in [0.25, 0.3) is 0 Å². The molecular weight excluding hydrogens is 316 g/mol. The predicted molar refractivity (Wildman–Crippen MR) is 98.3 cm³/mol. The average Bonchev–Trinajstić information content (AvgIpc) is 3.15. The SMILES string of the molecule is Cc1nnc(CN2CCC3(CC2)C[C@@H](c2ccccc2)CN3C)s1. The number of rotatable bonds is 3. The molecule has 3 heterocycles. The number of aryl methyl sites for hydroxylation is 1. The van der Waals surface area contributed by atoms with Gasteiger partial charge in [-0.05, 0) is 44.7 Å². The largest absolute Gasteiger partial charge is 0.300 e. The van der Waals surface area contributed by atoms with Crippen LogP contribution in [-0.4, -0.2) is 52.2 Å². The minimum atomic E-state index is 0.397. The fourth-order valence-electron chi connectivity index (χ4n) is 4.46. The number of likely N-dealkylation sites (N-methyl/N-ethyl adjacent to an activating group) is 1. The summed E-state index contributed by atoms with van der Waals surface area (Å²) < 4.78 is 0. The van der Waals surface area contributed by atoms with E-state index in [9.17, 15) is 0 Å². The lowest BCUT2D eigenvalue weighted by molar-refractivity contribution is 0.0671. The van der Waals surface area contributed by atoms with Gasteiger partial charge in [-0.3, -0.25) is 9.80 Å². The van der Waals surface area contributed by atoms with E-state index in [1.54, 1.807) is 11.3 Å². The van der Waals surface area contributed by atoms with Gasteiger partial charge in [0.05, 0.1) is 6.54 Å². The summed E-state index contributed by atoms with van der Waals surface area (Å²) >= 11 is 1.73. The zero-order valence-corrected chi connectivity index (χ0v) is 15.4. The van der Waals surface area contributed by atoms with E-state index in [4.69, 9.17) is 0 Å². The summed E-state index contributed by atoms with van der Waals surface area (Å²) in [5.41, 5.74) is 1.90. The fraction of sp³-hybridized carbons (Fsp3) is 0.579. The summed E-state index contributed by atoms with van der Waals surface area (Å²) in [6, 6.07) is 11.1. The Balaban J connectivity index is 1.39. The molecule has 5 heteroatoms.